The highest BCUT2D eigenvalue weighted by Gasteiger charge is 2.26. The van der Waals surface area contributed by atoms with E-state index in [4.69, 9.17) is 46.0 Å². The summed E-state index contributed by atoms with van der Waals surface area (Å²) in [4.78, 5) is 49.0. The fourth-order valence-electron chi connectivity index (χ4n) is 0.998. The molecule has 14 nitrogen and oxygen atoms in total. The zero-order chi connectivity index (χ0) is 35.9. The Kier molecular flexibility index (Phi) is 44.8. The van der Waals surface area contributed by atoms with Crippen LogP contribution in [0.25, 0.3) is 0 Å². The molecule has 0 heterocycles. The Morgan fingerprint density at radius 1 is 0.465 bits per heavy atom. The summed E-state index contributed by atoms with van der Waals surface area (Å²) in [5.74, 6) is -4.24. The summed E-state index contributed by atoms with van der Waals surface area (Å²) in [7, 11) is 0. The highest BCUT2D eigenvalue weighted by Crippen LogP contribution is 2.11. The van der Waals surface area contributed by atoms with E-state index in [1.165, 1.54) is 6.92 Å². The van der Waals surface area contributed by atoms with Gasteiger partial charge in [-0.2, -0.15) is 63.1 Å². The van der Waals surface area contributed by atoms with E-state index in [1.54, 1.807) is 27.7 Å². The summed E-state index contributed by atoms with van der Waals surface area (Å²) in [5, 5.41) is 71.8. The molecule has 0 amide bonds. The summed E-state index contributed by atoms with van der Waals surface area (Å²) in [6, 6.07) is 0. The zero-order valence-corrected chi connectivity index (χ0v) is 29.3. The molecule has 0 saturated heterocycles. The van der Waals surface area contributed by atoms with Crippen LogP contribution in [0, 0.1) is 5.41 Å². The SMILES string of the molecule is CC(S)C(=O)O.CCC(S)C(=O)O.CCC(S)C(=O)O.CCC(S)C(=O)O.CCC(S)C(=O)O.OCC(CO)(CO)CO. The van der Waals surface area contributed by atoms with E-state index in [9.17, 15) is 24.0 Å². The van der Waals surface area contributed by atoms with Crippen molar-refractivity contribution in [1.29, 1.82) is 0 Å². The third kappa shape index (κ3) is 40.9. The van der Waals surface area contributed by atoms with Crippen LogP contribution in [0.4, 0.5) is 0 Å². The molecule has 0 bridgehead atoms. The molecule has 0 aromatic rings. The quantitative estimate of drug-likeness (QED) is 0.120. The molecular formula is C24H50O14S5. The fourth-order valence-corrected chi connectivity index (χ4v) is 0.998. The molecule has 43 heavy (non-hydrogen) atoms. The summed E-state index contributed by atoms with van der Waals surface area (Å²) < 4.78 is 0. The highest BCUT2D eigenvalue weighted by atomic mass is 32.1. The second-order valence-electron chi connectivity index (χ2n) is 8.20. The molecule has 19 heteroatoms. The minimum Gasteiger partial charge on any atom is -0.480 e. The van der Waals surface area contributed by atoms with Crippen LogP contribution in [0.15, 0.2) is 0 Å². The number of hydrogen-bond acceptors (Lipinski definition) is 14. The molecule has 0 aromatic carbocycles. The summed E-state index contributed by atoms with van der Waals surface area (Å²) in [6.07, 6.45) is 2.33. The average molecular weight is 723 g/mol. The van der Waals surface area contributed by atoms with Crippen molar-refractivity contribution in [3.8, 4) is 0 Å². The Hall–Kier alpha value is -1.06. The maximum atomic E-state index is 9.85. The van der Waals surface area contributed by atoms with Crippen LogP contribution >= 0.6 is 63.1 Å². The first kappa shape index (κ1) is 54.4. The van der Waals surface area contributed by atoms with Gasteiger partial charge in [0.2, 0.25) is 0 Å². The average Bonchev–Trinajstić information content (AvgIpc) is 2.98. The molecule has 0 aliphatic carbocycles. The van der Waals surface area contributed by atoms with Gasteiger partial charge in [0.1, 0.15) is 0 Å². The van der Waals surface area contributed by atoms with Crippen molar-refractivity contribution in [1.82, 2.24) is 0 Å². The molecule has 0 spiro atoms. The standard InChI is InChI=1S/C5H12O4.4C4H8O2S.C3H6O2S/c6-1-5(2-7,3-8)4-9;4*1-2-3(7)4(5)6;1-2(6)3(4)5/h6-9H,1-4H2;4*3,7H,2H2,1H3,(H,5,6);2,6H,1H3,(H,4,5). The lowest BCUT2D eigenvalue weighted by Gasteiger charge is -2.23. The Balaban J connectivity index is -0.0000000959. The Morgan fingerprint density at radius 3 is 0.605 bits per heavy atom. The molecule has 9 N–H and O–H groups in total. The number of carbonyl (C=O) groups is 5. The molecule has 5 unspecified atom stereocenters. The molecule has 0 aliphatic rings. The van der Waals surface area contributed by atoms with Crippen molar-refractivity contribution < 1.29 is 69.9 Å². The molecule has 0 rings (SSSR count). The zero-order valence-electron chi connectivity index (χ0n) is 24.8. The van der Waals surface area contributed by atoms with Gasteiger partial charge in [0.25, 0.3) is 0 Å². The van der Waals surface area contributed by atoms with Crippen molar-refractivity contribution in [3.05, 3.63) is 0 Å². The van der Waals surface area contributed by atoms with Crippen LogP contribution in [-0.2, 0) is 24.0 Å². The van der Waals surface area contributed by atoms with Gasteiger partial charge < -0.3 is 46.0 Å². The number of thiol groups is 5. The topological polar surface area (TPSA) is 267 Å². The lowest BCUT2D eigenvalue weighted by atomic mass is 9.93. The second kappa shape index (κ2) is 35.4. The number of carboxylic acid groups (broad SMARTS) is 5. The fraction of sp³-hybridized carbons (Fsp3) is 0.792. The van der Waals surface area contributed by atoms with E-state index in [0.29, 0.717) is 25.7 Å². The predicted molar refractivity (Wildman–Crippen MR) is 180 cm³/mol. The number of aliphatic hydroxyl groups is 4. The minimum atomic E-state index is -1.11. The number of aliphatic carboxylic acids is 5. The molecule has 0 aromatic heterocycles. The third-order valence-electron chi connectivity index (χ3n) is 4.39. The number of aliphatic hydroxyl groups excluding tert-OH is 4. The monoisotopic (exact) mass is 722 g/mol. The van der Waals surface area contributed by atoms with E-state index in [2.05, 4.69) is 63.1 Å². The molecular weight excluding hydrogens is 673 g/mol. The molecule has 0 radical (unpaired) electrons. The van der Waals surface area contributed by atoms with Gasteiger partial charge in [0.05, 0.1) is 58.1 Å². The summed E-state index contributed by atoms with van der Waals surface area (Å²) >= 11 is 18.5. The molecule has 0 aliphatic heterocycles. The van der Waals surface area contributed by atoms with Gasteiger partial charge in [0, 0.05) is 0 Å². The number of rotatable bonds is 13. The van der Waals surface area contributed by atoms with Gasteiger partial charge in [-0.15, -0.1) is 0 Å². The Labute approximate surface area is 280 Å². The Morgan fingerprint density at radius 2 is 0.605 bits per heavy atom. The smallest absolute Gasteiger partial charge is 0.316 e. The lowest BCUT2D eigenvalue weighted by molar-refractivity contribution is -0.137. The van der Waals surface area contributed by atoms with Crippen molar-refractivity contribution in [2.45, 2.75) is 86.6 Å². The molecule has 260 valence electrons. The van der Waals surface area contributed by atoms with Crippen molar-refractivity contribution in [2.75, 3.05) is 26.4 Å². The molecule has 0 fully saturated rings. The number of hydrogen-bond donors (Lipinski definition) is 14. The van der Waals surface area contributed by atoms with E-state index in [0.717, 1.165) is 0 Å². The van der Waals surface area contributed by atoms with Gasteiger partial charge >= 0.3 is 29.8 Å². The Bertz CT molecular complexity index is 627. The van der Waals surface area contributed by atoms with Crippen LogP contribution in [-0.4, -0.2) is 128 Å². The van der Waals surface area contributed by atoms with Crippen LogP contribution in [0.5, 0.6) is 0 Å². The van der Waals surface area contributed by atoms with Gasteiger partial charge in [-0.1, -0.05) is 27.7 Å². The minimum absolute atomic E-state index is 0.406. The van der Waals surface area contributed by atoms with Crippen LogP contribution < -0.4 is 0 Å². The van der Waals surface area contributed by atoms with Crippen LogP contribution in [0.1, 0.15) is 60.3 Å². The predicted octanol–water partition coefficient (Wildman–Crippen LogP) is 1.45. The van der Waals surface area contributed by atoms with Gasteiger partial charge in [0.15, 0.2) is 0 Å². The van der Waals surface area contributed by atoms with Gasteiger partial charge in [-0.3, -0.25) is 24.0 Å². The third-order valence-corrected chi connectivity index (χ3v) is 6.95. The van der Waals surface area contributed by atoms with Crippen LogP contribution in [0.3, 0.4) is 0 Å². The van der Waals surface area contributed by atoms with Crippen molar-refractivity contribution in [3.63, 3.8) is 0 Å². The van der Waals surface area contributed by atoms with Gasteiger partial charge in [-0.25, -0.2) is 0 Å². The first-order chi connectivity index (χ1) is 19.6. The highest BCUT2D eigenvalue weighted by molar-refractivity contribution is 7.82. The summed E-state index contributed by atoms with van der Waals surface area (Å²) in [5.41, 5.74) is -1.11. The van der Waals surface area contributed by atoms with Crippen molar-refractivity contribution >= 4 is 93.0 Å². The number of carboxylic acids is 5. The molecule has 5 atom stereocenters. The van der Waals surface area contributed by atoms with E-state index >= 15 is 0 Å². The maximum Gasteiger partial charge on any atom is 0.316 e. The largest absolute Gasteiger partial charge is 0.480 e. The van der Waals surface area contributed by atoms with Crippen molar-refractivity contribution in [2.24, 2.45) is 5.41 Å². The van der Waals surface area contributed by atoms with Crippen LogP contribution in [0.2, 0.25) is 0 Å². The maximum absolute atomic E-state index is 9.85. The van der Waals surface area contributed by atoms with Gasteiger partial charge in [-0.05, 0) is 32.6 Å². The first-order valence-electron chi connectivity index (χ1n) is 12.6. The van der Waals surface area contributed by atoms with E-state index in [1.807, 2.05) is 0 Å². The molecule has 0 saturated carbocycles. The lowest BCUT2D eigenvalue weighted by Crippen LogP contribution is -2.37. The normalized spacial score (nSPS) is 13.2. The van der Waals surface area contributed by atoms with E-state index in [-0.39, 0.29) is 0 Å². The summed E-state index contributed by atoms with van der Waals surface area (Å²) in [6.45, 7) is 7.01. The van der Waals surface area contributed by atoms with E-state index < -0.39 is 87.9 Å². The first-order valence-corrected chi connectivity index (χ1v) is 15.2. The second-order valence-corrected chi connectivity index (χ2v) is 11.5.